The number of hydrogen-bond acceptors (Lipinski definition) is 4. The fourth-order valence-electron chi connectivity index (χ4n) is 2.71. The molecule has 23 heavy (non-hydrogen) atoms. The van der Waals surface area contributed by atoms with Gasteiger partial charge in [0.05, 0.1) is 13.7 Å². The Bertz CT molecular complexity index is 532. The molecule has 0 N–H and O–H groups in total. The van der Waals surface area contributed by atoms with Crippen LogP contribution in [0.1, 0.15) is 30.6 Å². The van der Waals surface area contributed by atoms with E-state index in [0.717, 1.165) is 18.8 Å². The zero-order valence-corrected chi connectivity index (χ0v) is 14.2. The van der Waals surface area contributed by atoms with Gasteiger partial charge in [0, 0.05) is 38.2 Å². The van der Waals surface area contributed by atoms with E-state index in [1.165, 1.54) is 0 Å². The fraction of sp³-hybridized carbons (Fsp3) is 0.556. The number of ether oxygens (including phenoxy) is 1. The maximum Gasteiger partial charge on any atom is 0.222 e. The second-order valence-corrected chi connectivity index (χ2v) is 6.41. The number of benzene rings is 1. The normalized spacial score (nSPS) is 15.7. The predicted octanol–water partition coefficient (Wildman–Crippen LogP) is 2.07. The van der Waals surface area contributed by atoms with Crippen LogP contribution >= 0.6 is 0 Å². The molecule has 1 aliphatic heterocycles. The number of ketones is 1. The third kappa shape index (κ3) is 5.06. The number of methoxy groups -OCH3 is 1. The molecule has 0 atom stereocenters. The first kappa shape index (κ1) is 17.5. The Morgan fingerprint density at radius 3 is 2.22 bits per heavy atom. The summed E-state index contributed by atoms with van der Waals surface area (Å²) in [4.78, 5) is 28.4. The van der Waals surface area contributed by atoms with Gasteiger partial charge in [-0.2, -0.15) is 0 Å². The van der Waals surface area contributed by atoms with Gasteiger partial charge in [-0.1, -0.05) is 13.8 Å². The highest BCUT2D eigenvalue weighted by atomic mass is 16.5. The molecule has 0 unspecified atom stereocenters. The molecule has 1 heterocycles. The molecule has 0 radical (unpaired) electrons. The Labute approximate surface area is 138 Å². The minimum Gasteiger partial charge on any atom is -0.497 e. The first-order chi connectivity index (χ1) is 11.0. The van der Waals surface area contributed by atoms with Crippen molar-refractivity contribution < 1.29 is 14.3 Å². The van der Waals surface area contributed by atoms with Gasteiger partial charge < -0.3 is 9.64 Å². The van der Waals surface area contributed by atoms with Gasteiger partial charge in [0.2, 0.25) is 5.91 Å². The maximum absolute atomic E-state index is 12.3. The lowest BCUT2D eigenvalue weighted by Gasteiger charge is -2.34. The lowest BCUT2D eigenvalue weighted by Crippen LogP contribution is -2.50. The minimum atomic E-state index is 0.106. The molecule has 1 saturated heterocycles. The van der Waals surface area contributed by atoms with Crippen LogP contribution in [0, 0.1) is 5.92 Å². The molecule has 0 spiro atoms. The molecular weight excluding hydrogens is 292 g/mol. The average Bonchev–Trinajstić information content (AvgIpc) is 2.55. The highest BCUT2D eigenvalue weighted by Gasteiger charge is 2.23. The van der Waals surface area contributed by atoms with E-state index in [1.807, 2.05) is 4.90 Å². The molecule has 0 bridgehead atoms. The number of rotatable bonds is 6. The summed E-state index contributed by atoms with van der Waals surface area (Å²) < 4.78 is 5.10. The Morgan fingerprint density at radius 2 is 1.70 bits per heavy atom. The summed E-state index contributed by atoms with van der Waals surface area (Å²) in [6.07, 6.45) is 0.602. The smallest absolute Gasteiger partial charge is 0.222 e. The van der Waals surface area contributed by atoms with Crippen LogP contribution in [0.3, 0.4) is 0 Å². The molecule has 1 amide bonds. The van der Waals surface area contributed by atoms with Gasteiger partial charge >= 0.3 is 0 Å². The lowest BCUT2D eigenvalue weighted by atomic mass is 10.1. The molecule has 0 aromatic heterocycles. The summed E-state index contributed by atoms with van der Waals surface area (Å²) in [5.41, 5.74) is 0.698. The molecule has 1 aromatic rings. The number of piperazine rings is 1. The molecule has 1 aromatic carbocycles. The average molecular weight is 318 g/mol. The van der Waals surface area contributed by atoms with Crippen molar-refractivity contribution >= 4 is 11.7 Å². The predicted molar refractivity (Wildman–Crippen MR) is 89.8 cm³/mol. The van der Waals surface area contributed by atoms with E-state index in [-0.39, 0.29) is 11.7 Å². The number of amides is 1. The number of carbonyl (C=O) groups is 2. The first-order valence-corrected chi connectivity index (χ1v) is 8.17. The summed E-state index contributed by atoms with van der Waals surface area (Å²) in [6, 6.07) is 7.19. The zero-order valence-electron chi connectivity index (χ0n) is 14.2. The monoisotopic (exact) mass is 318 g/mol. The Kier molecular flexibility index (Phi) is 6.16. The SMILES string of the molecule is COc1ccc(C(=O)CN2CCN(C(=O)CC(C)C)CC2)cc1. The van der Waals surface area contributed by atoms with Crippen LogP contribution < -0.4 is 4.74 Å². The van der Waals surface area contributed by atoms with E-state index >= 15 is 0 Å². The Hall–Kier alpha value is -1.88. The molecule has 0 aliphatic carbocycles. The van der Waals surface area contributed by atoms with Crippen molar-refractivity contribution in [3.05, 3.63) is 29.8 Å². The van der Waals surface area contributed by atoms with Gasteiger partial charge in [-0.3, -0.25) is 14.5 Å². The van der Waals surface area contributed by atoms with Gasteiger partial charge in [-0.25, -0.2) is 0 Å². The van der Waals surface area contributed by atoms with Crippen LogP contribution in [0.25, 0.3) is 0 Å². The fourth-order valence-corrected chi connectivity index (χ4v) is 2.71. The number of Topliss-reactive ketones (excluding diaryl/α,β-unsaturated/α-hetero) is 1. The molecule has 126 valence electrons. The van der Waals surface area contributed by atoms with Crippen molar-refractivity contribution in [2.45, 2.75) is 20.3 Å². The minimum absolute atomic E-state index is 0.106. The third-order valence-electron chi connectivity index (χ3n) is 4.09. The zero-order chi connectivity index (χ0) is 16.8. The Balaban J connectivity index is 1.81. The van der Waals surface area contributed by atoms with Crippen molar-refractivity contribution in [1.82, 2.24) is 9.80 Å². The number of carbonyl (C=O) groups excluding carboxylic acids is 2. The lowest BCUT2D eigenvalue weighted by molar-refractivity contribution is -0.133. The summed E-state index contributed by atoms with van der Waals surface area (Å²) in [6.45, 7) is 7.45. The van der Waals surface area contributed by atoms with Gasteiger partial charge in [-0.15, -0.1) is 0 Å². The maximum atomic E-state index is 12.3. The van der Waals surface area contributed by atoms with Crippen LogP contribution in [0.15, 0.2) is 24.3 Å². The number of nitrogens with zero attached hydrogens (tertiary/aromatic N) is 2. The van der Waals surface area contributed by atoms with Crippen molar-refractivity contribution in [2.75, 3.05) is 39.8 Å². The topological polar surface area (TPSA) is 49.9 Å². The van der Waals surface area contributed by atoms with E-state index in [0.29, 0.717) is 37.5 Å². The van der Waals surface area contributed by atoms with E-state index < -0.39 is 0 Å². The summed E-state index contributed by atoms with van der Waals surface area (Å²) >= 11 is 0. The van der Waals surface area contributed by atoms with Crippen LogP contribution in [0.5, 0.6) is 5.75 Å². The highest BCUT2D eigenvalue weighted by Crippen LogP contribution is 2.13. The van der Waals surface area contributed by atoms with Crippen molar-refractivity contribution in [3.8, 4) is 5.75 Å². The molecule has 1 aliphatic rings. The van der Waals surface area contributed by atoms with Crippen molar-refractivity contribution in [2.24, 2.45) is 5.92 Å². The van der Waals surface area contributed by atoms with E-state index in [2.05, 4.69) is 18.7 Å². The standard InChI is InChI=1S/C18H26N2O3/c1-14(2)12-18(22)20-10-8-19(9-11-20)13-17(21)15-4-6-16(23-3)7-5-15/h4-7,14H,8-13H2,1-3H3. The van der Waals surface area contributed by atoms with Gasteiger partial charge in [0.15, 0.2) is 5.78 Å². The molecule has 5 heteroatoms. The molecule has 2 rings (SSSR count). The van der Waals surface area contributed by atoms with E-state index in [1.54, 1.807) is 31.4 Å². The second kappa shape index (κ2) is 8.11. The molecular formula is C18H26N2O3. The summed E-state index contributed by atoms with van der Waals surface area (Å²) in [5, 5.41) is 0. The number of hydrogen-bond donors (Lipinski definition) is 0. The molecule has 1 fully saturated rings. The molecule has 5 nitrogen and oxygen atoms in total. The summed E-state index contributed by atoms with van der Waals surface area (Å²) in [7, 11) is 1.61. The van der Waals surface area contributed by atoms with Crippen LogP contribution in [-0.2, 0) is 4.79 Å². The van der Waals surface area contributed by atoms with Gasteiger partial charge in [-0.05, 0) is 30.2 Å². The van der Waals surface area contributed by atoms with Crippen LogP contribution in [0.4, 0.5) is 0 Å². The summed E-state index contributed by atoms with van der Waals surface area (Å²) in [5.74, 6) is 1.46. The van der Waals surface area contributed by atoms with E-state index in [4.69, 9.17) is 4.74 Å². The second-order valence-electron chi connectivity index (χ2n) is 6.41. The van der Waals surface area contributed by atoms with Gasteiger partial charge in [0.25, 0.3) is 0 Å². The van der Waals surface area contributed by atoms with E-state index in [9.17, 15) is 9.59 Å². The van der Waals surface area contributed by atoms with Crippen LogP contribution in [0.2, 0.25) is 0 Å². The third-order valence-corrected chi connectivity index (χ3v) is 4.09. The molecule has 0 saturated carbocycles. The largest absolute Gasteiger partial charge is 0.497 e. The quantitative estimate of drug-likeness (QED) is 0.754. The van der Waals surface area contributed by atoms with Gasteiger partial charge in [0.1, 0.15) is 5.75 Å². The Morgan fingerprint density at radius 1 is 1.09 bits per heavy atom. The van der Waals surface area contributed by atoms with Crippen molar-refractivity contribution in [1.29, 1.82) is 0 Å². The first-order valence-electron chi connectivity index (χ1n) is 8.17. The van der Waals surface area contributed by atoms with Crippen LogP contribution in [-0.4, -0.2) is 61.3 Å². The highest BCUT2D eigenvalue weighted by molar-refractivity contribution is 5.97. The van der Waals surface area contributed by atoms with Crippen molar-refractivity contribution in [3.63, 3.8) is 0 Å².